The number of nitrogens with zero attached hydrogens (tertiary/aromatic N) is 2. The molecule has 0 saturated heterocycles. The van der Waals surface area contributed by atoms with Crippen LogP contribution in [0, 0.1) is 22.7 Å². The lowest BCUT2D eigenvalue weighted by Gasteiger charge is -2.07. The maximum Gasteiger partial charge on any atom is 0.267 e. The minimum absolute atomic E-state index is 0.110. The highest BCUT2D eigenvalue weighted by molar-refractivity contribution is 6.07. The van der Waals surface area contributed by atoms with Crippen molar-refractivity contribution in [2.45, 2.75) is 6.92 Å². The summed E-state index contributed by atoms with van der Waals surface area (Å²) in [5, 5.41) is 23.7. The first-order chi connectivity index (χ1) is 12.2. The molecule has 6 heteroatoms. The topological polar surface area (TPSA) is 97.9 Å². The van der Waals surface area contributed by atoms with Crippen molar-refractivity contribution >= 4 is 17.3 Å². The number of carbonyl (C=O) groups is 1. The molecule has 2 rings (SSSR count). The van der Waals surface area contributed by atoms with E-state index in [4.69, 9.17) is 10.00 Å². The molecule has 0 aliphatic heterocycles. The van der Waals surface area contributed by atoms with Gasteiger partial charge in [-0.2, -0.15) is 10.5 Å². The number of hydrogen-bond acceptors (Lipinski definition) is 5. The van der Waals surface area contributed by atoms with Gasteiger partial charge in [0, 0.05) is 11.9 Å². The van der Waals surface area contributed by atoms with E-state index >= 15 is 0 Å². The molecule has 0 unspecified atom stereocenters. The van der Waals surface area contributed by atoms with E-state index in [1.165, 1.54) is 6.20 Å². The van der Waals surface area contributed by atoms with Crippen molar-refractivity contribution < 1.29 is 9.53 Å². The van der Waals surface area contributed by atoms with E-state index in [0.717, 1.165) is 5.75 Å². The predicted octanol–water partition coefficient (Wildman–Crippen LogP) is 3.42. The van der Waals surface area contributed by atoms with Gasteiger partial charge in [-0.3, -0.25) is 4.79 Å². The molecule has 1 amide bonds. The molecule has 124 valence electrons. The van der Waals surface area contributed by atoms with Gasteiger partial charge in [0.15, 0.2) is 0 Å². The van der Waals surface area contributed by atoms with E-state index in [2.05, 4.69) is 10.6 Å². The Morgan fingerprint density at radius 3 is 2.52 bits per heavy atom. The van der Waals surface area contributed by atoms with Crippen LogP contribution in [-0.4, -0.2) is 12.5 Å². The van der Waals surface area contributed by atoms with Gasteiger partial charge in [-0.1, -0.05) is 12.1 Å². The molecule has 0 aromatic heterocycles. The van der Waals surface area contributed by atoms with Crippen molar-refractivity contribution in [1.82, 2.24) is 0 Å². The van der Waals surface area contributed by atoms with E-state index in [1.54, 1.807) is 48.5 Å². The molecule has 0 aliphatic rings. The van der Waals surface area contributed by atoms with Crippen molar-refractivity contribution in [3.05, 3.63) is 65.9 Å². The third kappa shape index (κ3) is 4.85. The Morgan fingerprint density at radius 1 is 1.16 bits per heavy atom. The van der Waals surface area contributed by atoms with Crippen LogP contribution in [0.2, 0.25) is 0 Å². The second kappa shape index (κ2) is 8.76. The summed E-state index contributed by atoms with van der Waals surface area (Å²) in [4.78, 5) is 12.2. The Hall–Kier alpha value is -3.77. The van der Waals surface area contributed by atoms with E-state index in [0.29, 0.717) is 23.5 Å². The van der Waals surface area contributed by atoms with Gasteiger partial charge in [0.05, 0.1) is 17.9 Å². The maximum absolute atomic E-state index is 12.2. The summed E-state index contributed by atoms with van der Waals surface area (Å²) in [5.41, 5.74) is 1.29. The van der Waals surface area contributed by atoms with Gasteiger partial charge in [0.2, 0.25) is 0 Å². The quantitative estimate of drug-likeness (QED) is 0.624. The number of ether oxygens (including phenoxy) is 1. The number of hydrogen-bond donors (Lipinski definition) is 2. The van der Waals surface area contributed by atoms with Crippen LogP contribution < -0.4 is 15.4 Å². The number of amides is 1. The monoisotopic (exact) mass is 332 g/mol. The first-order valence-electron chi connectivity index (χ1n) is 7.58. The van der Waals surface area contributed by atoms with Gasteiger partial charge in [-0.15, -0.1) is 0 Å². The summed E-state index contributed by atoms with van der Waals surface area (Å²) in [6.07, 6.45) is 1.32. The fourth-order valence-corrected chi connectivity index (χ4v) is 2.00. The molecule has 0 bridgehead atoms. The lowest BCUT2D eigenvalue weighted by Crippen LogP contribution is -2.15. The molecular weight excluding hydrogens is 316 g/mol. The zero-order valence-corrected chi connectivity index (χ0v) is 13.6. The number of benzene rings is 2. The summed E-state index contributed by atoms with van der Waals surface area (Å²) in [7, 11) is 0. The van der Waals surface area contributed by atoms with Crippen molar-refractivity contribution in [2.24, 2.45) is 0 Å². The Labute approximate surface area is 146 Å². The Kier molecular flexibility index (Phi) is 6.16. The molecule has 0 aliphatic carbocycles. The van der Waals surface area contributed by atoms with Crippen LogP contribution >= 0.6 is 0 Å². The summed E-state index contributed by atoms with van der Waals surface area (Å²) < 4.78 is 5.35. The Bertz CT molecular complexity index is 858. The Morgan fingerprint density at radius 2 is 1.88 bits per heavy atom. The van der Waals surface area contributed by atoms with Crippen molar-refractivity contribution in [2.75, 3.05) is 17.2 Å². The number of nitriles is 2. The highest BCUT2D eigenvalue weighted by atomic mass is 16.5. The van der Waals surface area contributed by atoms with Crippen molar-refractivity contribution in [3.8, 4) is 17.9 Å². The van der Waals surface area contributed by atoms with Gasteiger partial charge in [-0.05, 0) is 43.3 Å². The van der Waals surface area contributed by atoms with Gasteiger partial charge < -0.3 is 15.4 Å². The standard InChI is InChI=1S/C19H16N4O2/c1-2-25-17-9-7-16(8-10-17)22-13-15(12-21)19(24)23-18-6-4-3-5-14(18)11-20/h3-10,13,22H,2H2,1H3,(H,23,24)/b15-13-. The molecule has 2 aromatic carbocycles. The van der Waals surface area contributed by atoms with E-state index in [1.807, 2.05) is 19.1 Å². The molecule has 0 saturated carbocycles. The number of para-hydroxylation sites is 1. The number of carbonyl (C=O) groups excluding carboxylic acids is 1. The average molecular weight is 332 g/mol. The number of nitrogens with one attached hydrogen (secondary N) is 2. The SMILES string of the molecule is CCOc1ccc(N/C=C(/C#N)C(=O)Nc2ccccc2C#N)cc1. The van der Waals surface area contributed by atoms with E-state index in [9.17, 15) is 10.1 Å². The van der Waals surface area contributed by atoms with E-state index in [-0.39, 0.29) is 5.57 Å². The lowest BCUT2D eigenvalue weighted by atomic mass is 10.2. The van der Waals surface area contributed by atoms with Crippen LogP contribution in [0.1, 0.15) is 12.5 Å². The van der Waals surface area contributed by atoms with Gasteiger partial charge in [0.25, 0.3) is 5.91 Å². The Balaban J connectivity index is 2.08. The summed E-state index contributed by atoms with van der Waals surface area (Å²) >= 11 is 0. The highest BCUT2D eigenvalue weighted by Crippen LogP contribution is 2.17. The average Bonchev–Trinajstić information content (AvgIpc) is 2.64. The van der Waals surface area contributed by atoms with Crippen LogP contribution in [0.15, 0.2) is 60.3 Å². The molecular formula is C19H16N4O2. The van der Waals surface area contributed by atoms with Crippen LogP contribution in [0.25, 0.3) is 0 Å². The van der Waals surface area contributed by atoms with Crippen LogP contribution in [0.5, 0.6) is 5.75 Å². The summed E-state index contributed by atoms with van der Waals surface area (Å²) in [6, 6.07) is 17.5. The summed E-state index contributed by atoms with van der Waals surface area (Å²) in [6.45, 7) is 2.48. The molecule has 2 aromatic rings. The molecule has 0 atom stereocenters. The molecule has 0 fully saturated rings. The maximum atomic E-state index is 12.2. The van der Waals surface area contributed by atoms with Gasteiger partial charge in [-0.25, -0.2) is 0 Å². The van der Waals surface area contributed by atoms with Crippen LogP contribution in [0.3, 0.4) is 0 Å². The molecule has 2 N–H and O–H groups in total. The highest BCUT2D eigenvalue weighted by Gasteiger charge is 2.11. The minimum Gasteiger partial charge on any atom is -0.494 e. The second-order valence-corrected chi connectivity index (χ2v) is 4.88. The number of anilines is 2. The molecule has 0 radical (unpaired) electrons. The normalized spacial score (nSPS) is 10.3. The van der Waals surface area contributed by atoms with Crippen molar-refractivity contribution in [3.63, 3.8) is 0 Å². The fourth-order valence-electron chi connectivity index (χ4n) is 2.00. The van der Waals surface area contributed by atoms with Gasteiger partial charge >= 0.3 is 0 Å². The zero-order valence-electron chi connectivity index (χ0n) is 13.6. The molecule has 6 nitrogen and oxygen atoms in total. The number of rotatable bonds is 6. The minimum atomic E-state index is -0.594. The van der Waals surface area contributed by atoms with Crippen molar-refractivity contribution in [1.29, 1.82) is 10.5 Å². The van der Waals surface area contributed by atoms with Crippen LogP contribution in [0.4, 0.5) is 11.4 Å². The van der Waals surface area contributed by atoms with Gasteiger partial charge in [0.1, 0.15) is 23.5 Å². The lowest BCUT2D eigenvalue weighted by molar-refractivity contribution is -0.112. The third-order valence-electron chi connectivity index (χ3n) is 3.21. The molecule has 25 heavy (non-hydrogen) atoms. The predicted molar refractivity (Wildman–Crippen MR) is 94.7 cm³/mol. The first-order valence-corrected chi connectivity index (χ1v) is 7.58. The fraction of sp³-hybridized carbons (Fsp3) is 0.105. The zero-order chi connectivity index (χ0) is 18.1. The third-order valence-corrected chi connectivity index (χ3v) is 3.21. The first kappa shape index (κ1) is 17.6. The molecule has 0 heterocycles. The van der Waals surface area contributed by atoms with Crippen LogP contribution in [-0.2, 0) is 4.79 Å². The summed E-state index contributed by atoms with van der Waals surface area (Å²) in [5.74, 6) is 0.145. The largest absolute Gasteiger partial charge is 0.494 e. The smallest absolute Gasteiger partial charge is 0.267 e. The molecule has 0 spiro atoms. The van der Waals surface area contributed by atoms with E-state index < -0.39 is 5.91 Å². The second-order valence-electron chi connectivity index (χ2n) is 4.88.